The molecule has 96 valence electrons. The van der Waals surface area contributed by atoms with Gasteiger partial charge >= 0.3 is 0 Å². The zero-order chi connectivity index (χ0) is 12.7. The zero-order valence-corrected chi connectivity index (χ0v) is 10.9. The van der Waals surface area contributed by atoms with Crippen LogP contribution in [0.5, 0.6) is 5.75 Å². The van der Waals surface area contributed by atoms with Gasteiger partial charge in [0.25, 0.3) is 0 Å². The third-order valence-corrected chi connectivity index (χ3v) is 2.75. The standard InChI is InChI=1S/C14H22FNO/c1-4-7-16-10-11(2)8-12-5-6-13(17-3)9-14(12)15/h5-6,9,11,16H,4,7-8,10H2,1-3H3. The molecule has 0 aromatic heterocycles. The first-order chi connectivity index (χ1) is 8.17. The summed E-state index contributed by atoms with van der Waals surface area (Å²) in [5.41, 5.74) is 0.761. The van der Waals surface area contributed by atoms with E-state index < -0.39 is 0 Å². The topological polar surface area (TPSA) is 21.3 Å². The summed E-state index contributed by atoms with van der Waals surface area (Å²) < 4.78 is 18.7. The minimum atomic E-state index is -0.174. The summed E-state index contributed by atoms with van der Waals surface area (Å²) in [7, 11) is 1.55. The van der Waals surface area contributed by atoms with Crippen LogP contribution in [0.3, 0.4) is 0 Å². The van der Waals surface area contributed by atoms with Gasteiger partial charge in [-0.05, 0) is 43.5 Å². The summed E-state index contributed by atoms with van der Waals surface area (Å²) >= 11 is 0. The fourth-order valence-electron chi connectivity index (χ4n) is 1.79. The predicted octanol–water partition coefficient (Wildman–Crippen LogP) is 3.01. The fraction of sp³-hybridized carbons (Fsp3) is 0.571. The van der Waals surface area contributed by atoms with E-state index in [0.29, 0.717) is 11.7 Å². The first-order valence-corrected chi connectivity index (χ1v) is 6.20. The molecular formula is C14H22FNO. The molecule has 0 amide bonds. The van der Waals surface area contributed by atoms with Crippen LogP contribution in [-0.2, 0) is 6.42 Å². The average molecular weight is 239 g/mol. The normalized spacial score (nSPS) is 12.5. The van der Waals surface area contributed by atoms with Crippen molar-refractivity contribution >= 4 is 0 Å². The first-order valence-electron chi connectivity index (χ1n) is 6.20. The van der Waals surface area contributed by atoms with Gasteiger partial charge < -0.3 is 10.1 Å². The third-order valence-electron chi connectivity index (χ3n) is 2.75. The van der Waals surface area contributed by atoms with Gasteiger partial charge in [0.1, 0.15) is 11.6 Å². The average Bonchev–Trinajstić information content (AvgIpc) is 2.32. The Kier molecular flexibility index (Phi) is 5.98. The maximum absolute atomic E-state index is 13.7. The molecule has 2 nitrogen and oxygen atoms in total. The Hall–Kier alpha value is -1.09. The molecule has 1 aromatic rings. The summed E-state index contributed by atoms with van der Waals surface area (Å²) in [5, 5.41) is 3.35. The van der Waals surface area contributed by atoms with Gasteiger partial charge in [0.15, 0.2) is 0 Å². The van der Waals surface area contributed by atoms with E-state index in [0.717, 1.165) is 31.5 Å². The summed E-state index contributed by atoms with van der Waals surface area (Å²) in [6.07, 6.45) is 1.89. The molecule has 1 aromatic carbocycles. The van der Waals surface area contributed by atoms with Crippen molar-refractivity contribution in [3.8, 4) is 5.75 Å². The van der Waals surface area contributed by atoms with E-state index in [4.69, 9.17) is 4.74 Å². The second-order valence-corrected chi connectivity index (χ2v) is 4.47. The minimum Gasteiger partial charge on any atom is -0.497 e. The molecular weight excluding hydrogens is 217 g/mol. The van der Waals surface area contributed by atoms with Gasteiger partial charge in [-0.3, -0.25) is 0 Å². The molecule has 0 saturated carbocycles. The first kappa shape index (κ1) is 14.0. The Labute approximate surface area is 103 Å². The quantitative estimate of drug-likeness (QED) is 0.738. The van der Waals surface area contributed by atoms with E-state index in [1.54, 1.807) is 7.11 Å². The van der Waals surface area contributed by atoms with Gasteiger partial charge in [-0.1, -0.05) is 19.9 Å². The number of methoxy groups -OCH3 is 1. The minimum absolute atomic E-state index is 0.174. The van der Waals surface area contributed by atoms with Gasteiger partial charge in [0.05, 0.1) is 7.11 Å². The van der Waals surface area contributed by atoms with Crippen molar-refractivity contribution in [2.75, 3.05) is 20.2 Å². The Morgan fingerprint density at radius 3 is 2.76 bits per heavy atom. The molecule has 3 heteroatoms. The second kappa shape index (κ2) is 7.28. The van der Waals surface area contributed by atoms with Gasteiger partial charge in [-0.15, -0.1) is 0 Å². The molecule has 0 heterocycles. The Morgan fingerprint density at radius 2 is 2.18 bits per heavy atom. The lowest BCUT2D eigenvalue weighted by molar-refractivity contribution is 0.410. The van der Waals surface area contributed by atoms with E-state index >= 15 is 0 Å². The lowest BCUT2D eigenvalue weighted by Crippen LogP contribution is -2.23. The SMILES string of the molecule is CCCNCC(C)Cc1ccc(OC)cc1F. The van der Waals surface area contributed by atoms with Crippen molar-refractivity contribution in [1.82, 2.24) is 5.32 Å². The van der Waals surface area contributed by atoms with E-state index in [9.17, 15) is 4.39 Å². The largest absolute Gasteiger partial charge is 0.497 e. The van der Waals surface area contributed by atoms with Crippen LogP contribution in [0, 0.1) is 11.7 Å². The maximum atomic E-state index is 13.7. The van der Waals surface area contributed by atoms with Crippen molar-refractivity contribution in [2.24, 2.45) is 5.92 Å². The lowest BCUT2D eigenvalue weighted by atomic mass is 10.0. The molecule has 0 fully saturated rings. The van der Waals surface area contributed by atoms with Crippen LogP contribution >= 0.6 is 0 Å². The van der Waals surface area contributed by atoms with Gasteiger partial charge in [0, 0.05) is 6.07 Å². The number of hydrogen-bond donors (Lipinski definition) is 1. The van der Waals surface area contributed by atoms with Crippen molar-refractivity contribution in [3.05, 3.63) is 29.6 Å². The molecule has 1 rings (SSSR count). The smallest absolute Gasteiger partial charge is 0.130 e. The monoisotopic (exact) mass is 239 g/mol. The van der Waals surface area contributed by atoms with Gasteiger partial charge in [0.2, 0.25) is 0 Å². The van der Waals surface area contributed by atoms with Crippen molar-refractivity contribution in [3.63, 3.8) is 0 Å². The highest BCUT2D eigenvalue weighted by Gasteiger charge is 2.08. The summed E-state index contributed by atoms with van der Waals surface area (Å²) in [4.78, 5) is 0. The number of hydrogen-bond acceptors (Lipinski definition) is 2. The Bertz CT molecular complexity index is 341. The summed E-state index contributed by atoms with van der Waals surface area (Å²) in [6.45, 7) is 6.22. The maximum Gasteiger partial charge on any atom is 0.130 e. The fourth-order valence-corrected chi connectivity index (χ4v) is 1.79. The van der Waals surface area contributed by atoms with Crippen molar-refractivity contribution in [2.45, 2.75) is 26.7 Å². The second-order valence-electron chi connectivity index (χ2n) is 4.47. The van der Waals surface area contributed by atoms with Gasteiger partial charge in [-0.2, -0.15) is 0 Å². The van der Waals surface area contributed by atoms with Crippen LogP contribution in [0.4, 0.5) is 4.39 Å². The van der Waals surface area contributed by atoms with Crippen LogP contribution in [0.2, 0.25) is 0 Å². The highest BCUT2D eigenvalue weighted by atomic mass is 19.1. The number of ether oxygens (including phenoxy) is 1. The zero-order valence-electron chi connectivity index (χ0n) is 10.9. The van der Waals surface area contributed by atoms with Crippen LogP contribution in [-0.4, -0.2) is 20.2 Å². The molecule has 1 atom stereocenters. The molecule has 17 heavy (non-hydrogen) atoms. The molecule has 0 bridgehead atoms. The van der Waals surface area contributed by atoms with E-state index in [-0.39, 0.29) is 5.82 Å². The van der Waals surface area contributed by atoms with Crippen LogP contribution in [0.25, 0.3) is 0 Å². The summed E-state index contributed by atoms with van der Waals surface area (Å²) in [6, 6.07) is 5.07. The molecule has 0 aliphatic rings. The molecule has 1 unspecified atom stereocenters. The van der Waals surface area contributed by atoms with Crippen LogP contribution in [0.1, 0.15) is 25.8 Å². The van der Waals surface area contributed by atoms with E-state index in [1.807, 2.05) is 12.1 Å². The molecule has 0 radical (unpaired) electrons. The molecule has 0 saturated heterocycles. The molecule has 1 N–H and O–H groups in total. The number of nitrogens with one attached hydrogen (secondary N) is 1. The van der Waals surface area contributed by atoms with Gasteiger partial charge in [-0.25, -0.2) is 4.39 Å². The number of halogens is 1. The molecule has 0 spiro atoms. The van der Waals surface area contributed by atoms with Crippen LogP contribution in [0.15, 0.2) is 18.2 Å². The van der Waals surface area contributed by atoms with E-state index in [2.05, 4.69) is 19.2 Å². The van der Waals surface area contributed by atoms with E-state index in [1.165, 1.54) is 6.07 Å². The summed E-state index contributed by atoms with van der Waals surface area (Å²) in [5.74, 6) is 0.833. The molecule has 0 aliphatic heterocycles. The lowest BCUT2D eigenvalue weighted by Gasteiger charge is -2.13. The Balaban J connectivity index is 2.50. The van der Waals surface area contributed by atoms with Crippen molar-refractivity contribution < 1.29 is 9.13 Å². The number of benzene rings is 1. The third kappa shape index (κ3) is 4.73. The predicted molar refractivity (Wildman–Crippen MR) is 69.0 cm³/mol. The highest BCUT2D eigenvalue weighted by Crippen LogP contribution is 2.18. The highest BCUT2D eigenvalue weighted by molar-refractivity contribution is 5.29. The number of rotatable bonds is 7. The van der Waals surface area contributed by atoms with Crippen molar-refractivity contribution in [1.29, 1.82) is 0 Å². The Morgan fingerprint density at radius 1 is 1.41 bits per heavy atom. The van der Waals surface area contributed by atoms with Crippen LogP contribution < -0.4 is 10.1 Å². The molecule has 0 aliphatic carbocycles.